The molecule has 0 spiro atoms. The smallest absolute Gasteiger partial charge is 0.00958 e. The van der Waals surface area contributed by atoms with Gasteiger partial charge in [-0.05, 0) is 61.7 Å². The number of hydrogen-bond donors (Lipinski definition) is 1. The van der Waals surface area contributed by atoms with Gasteiger partial charge in [0.05, 0.1) is 0 Å². The van der Waals surface area contributed by atoms with E-state index < -0.39 is 0 Å². The fourth-order valence-corrected chi connectivity index (χ4v) is 4.69. The molecule has 0 aromatic carbocycles. The molecule has 106 valence electrons. The van der Waals surface area contributed by atoms with E-state index in [1.807, 2.05) is 0 Å². The fourth-order valence-electron chi connectivity index (χ4n) is 4.69. The zero-order valence-corrected chi connectivity index (χ0v) is 12.7. The molecular formula is C17H33N. The summed E-state index contributed by atoms with van der Waals surface area (Å²) >= 11 is 0. The van der Waals surface area contributed by atoms with Crippen molar-refractivity contribution >= 4 is 0 Å². The second-order valence-corrected chi connectivity index (χ2v) is 7.44. The molecular weight excluding hydrogens is 218 g/mol. The molecule has 2 aliphatic carbocycles. The molecule has 3 atom stereocenters. The summed E-state index contributed by atoms with van der Waals surface area (Å²) in [6, 6.07) is 0.494. The highest BCUT2D eigenvalue weighted by atomic mass is 14.7. The quantitative estimate of drug-likeness (QED) is 0.779. The first-order valence-corrected chi connectivity index (χ1v) is 8.35. The van der Waals surface area contributed by atoms with Crippen LogP contribution in [0.4, 0.5) is 0 Å². The first-order chi connectivity index (χ1) is 8.60. The first-order valence-electron chi connectivity index (χ1n) is 8.35. The van der Waals surface area contributed by atoms with E-state index >= 15 is 0 Å². The van der Waals surface area contributed by atoms with Gasteiger partial charge in [0.1, 0.15) is 0 Å². The van der Waals surface area contributed by atoms with Gasteiger partial charge < -0.3 is 5.73 Å². The Balaban J connectivity index is 1.85. The van der Waals surface area contributed by atoms with Gasteiger partial charge in [0.15, 0.2) is 0 Å². The summed E-state index contributed by atoms with van der Waals surface area (Å²) in [4.78, 5) is 0. The zero-order chi connectivity index (χ0) is 13.1. The van der Waals surface area contributed by atoms with Gasteiger partial charge in [0.2, 0.25) is 0 Å². The van der Waals surface area contributed by atoms with Crippen LogP contribution in [0.3, 0.4) is 0 Å². The van der Waals surface area contributed by atoms with Crippen molar-refractivity contribution in [1.82, 2.24) is 0 Å². The van der Waals surface area contributed by atoms with Gasteiger partial charge in [-0.15, -0.1) is 0 Å². The van der Waals surface area contributed by atoms with Gasteiger partial charge in [-0.3, -0.25) is 0 Å². The summed E-state index contributed by atoms with van der Waals surface area (Å²) in [7, 11) is 0. The maximum absolute atomic E-state index is 6.63. The molecule has 1 heteroatoms. The average Bonchev–Trinajstić information content (AvgIpc) is 2.37. The van der Waals surface area contributed by atoms with Gasteiger partial charge in [-0.1, -0.05) is 40.0 Å². The van der Waals surface area contributed by atoms with E-state index in [1.165, 1.54) is 51.4 Å². The van der Waals surface area contributed by atoms with E-state index in [0.717, 1.165) is 29.6 Å². The van der Waals surface area contributed by atoms with Gasteiger partial charge >= 0.3 is 0 Å². The van der Waals surface area contributed by atoms with E-state index in [0.29, 0.717) is 6.04 Å². The van der Waals surface area contributed by atoms with Crippen molar-refractivity contribution in [2.75, 3.05) is 0 Å². The van der Waals surface area contributed by atoms with Crippen LogP contribution in [0.25, 0.3) is 0 Å². The monoisotopic (exact) mass is 251 g/mol. The van der Waals surface area contributed by atoms with Crippen molar-refractivity contribution in [3.8, 4) is 0 Å². The van der Waals surface area contributed by atoms with Crippen molar-refractivity contribution in [2.45, 2.75) is 78.2 Å². The molecule has 2 saturated carbocycles. The predicted octanol–water partition coefficient (Wildman–Crippen LogP) is 4.60. The summed E-state index contributed by atoms with van der Waals surface area (Å²) in [6.07, 6.45) is 11.3. The summed E-state index contributed by atoms with van der Waals surface area (Å²) in [5, 5.41) is 0. The Bertz CT molecular complexity index is 232. The van der Waals surface area contributed by atoms with E-state index in [-0.39, 0.29) is 0 Å². The van der Waals surface area contributed by atoms with Crippen LogP contribution in [-0.4, -0.2) is 6.04 Å². The fraction of sp³-hybridized carbons (Fsp3) is 1.00. The minimum atomic E-state index is 0.494. The highest BCUT2D eigenvalue weighted by molar-refractivity contribution is 4.88. The molecule has 0 heterocycles. The third-order valence-corrected chi connectivity index (χ3v) is 5.77. The molecule has 0 amide bonds. The number of hydrogen-bond acceptors (Lipinski definition) is 1. The maximum atomic E-state index is 6.63. The molecule has 0 saturated heterocycles. The first kappa shape index (κ1) is 14.4. The molecule has 0 aliphatic heterocycles. The molecule has 2 aliphatic rings. The lowest BCUT2D eigenvalue weighted by Crippen LogP contribution is -2.42. The Morgan fingerprint density at radius 3 is 1.94 bits per heavy atom. The zero-order valence-electron chi connectivity index (χ0n) is 12.7. The second kappa shape index (κ2) is 6.41. The van der Waals surface area contributed by atoms with Gasteiger partial charge in [0, 0.05) is 6.04 Å². The average molecular weight is 251 g/mol. The molecule has 0 radical (unpaired) electrons. The summed E-state index contributed by atoms with van der Waals surface area (Å²) < 4.78 is 0. The second-order valence-electron chi connectivity index (χ2n) is 7.44. The number of rotatable bonds is 3. The van der Waals surface area contributed by atoms with Gasteiger partial charge in [-0.2, -0.15) is 0 Å². The third kappa shape index (κ3) is 3.50. The Morgan fingerprint density at radius 1 is 0.889 bits per heavy atom. The lowest BCUT2D eigenvalue weighted by atomic mass is 9.68. The standard InChI is InChI=1S/C17H33N/c1-4-14-5-7-15(8-6-14)17(18)16-10-12(2)9-13(3)11-16/h12-17H,4-11,18H2,1-3H3. The van der Waals surface area contributed by atoms with Crippen LogP contribution in [0.2, 0.25) is 0 Å². The Kier molecular flexibility index (Phi) is 5.12. The SMILES string of the molecule is CCC1CCC(C(N)C2CC(C)CC(C)C2)CC1. The molecule has 0 bridgehead atoms. The Labute approximate surface area is 114 Å². The molecule has 2 rings (SSSR count). The van der Waals surface area contributed by atoms with E-state index in [2.05, 4.69) is 20.8 Å². The largest absolute Gasteiger partial charge is 0.327 e. The van der Waals surface area contributed by atoms with Crippen LogP contribution in [0, 0.1) is 29.6 Å². The van der Waals surface area contributed by atoms with Crippen LogP contribution in [0.15, 0.2) is 0 Å². The highest BCUT2D eigenvalue weighted by Gasteiger charge is 2.33. The van der Waals surface area contributed by atoms with E-state index in [9.17, 15) is 0 Å². The lowest BCUT2D eigenvalue weighted by Gasteiger charge is -2.40. The van der Waals surface area contributed by atoms with Crippen molar-refractivity contribution in [2.24, 2.45) is 35.3 Å². The van der Waals surface area contributed by atoms with E-state index in [1.54, 1.807) is 0 Å². The normalized spacial score (nSPS) is 43.7. The molecule has 0 aromatic heterocycles. The van der Waals surface area contributed by atoms with Gasteiger partial charge in [0.25, 0.3) is 0 Å². The maximum Gasteiger partial charge on any atom is 0.00958 e. The molecule has 0 aromatic rings. The highest BCUT2D eigenvalue weighted by Crippen LogP contribution is 2.40. The third-order valence-electron chi connectivity index (χ3n) is 5.77. The topological polar surface area (TPSA) is 26.0 Å². The lowest BCUT2D eigenvalue weighted by molar-refractivity contribution is 0.136. The minimum absolute atomic E-state index is 0.494. The van der Waals surface area contributed by atoms with Crippen LogP contribution >= 0.6 is 0 Å². The Hall–Kier alpha value is -0.0400. The van der Waals surface area contributed by atoms with Crippen molar-refractivity contribution in [3.05, 3.63) is 0 Å². The number of nitrogens with two attached hydrogens (primary N) is 1. The van der Waals surface area contributed by atoms with Crippen molar-refractivity contribution in [3.63, 3.8) is 0 Å². The summed E-state index contributed by atoms with van der Waals surface area (Å²) in [5.74, 6) is 4.44. The van der Waals surface area contributed by atoms with Crippen LogP contribution in [-0.2, 0) is 0 Å². The van der Waals surface area contributed by atoms with Crippen LogP contribution < -0.4 is 5.73 Å². The molecule has 2 N–H and O–H groups in total. The predicted molar refractivity (Wildman–Crippen MR) is 79.4 cm³/mol. The molecule has 1 nitrogen and oxygen atoms in total. The summed E-state index contributed by atoms with van der Waals surface area (Å²) in [6.45, 7) is 7.18. The van der Waals surface area contributed by atoms with Crippen LogP contribution in [0.5, 0.6) is 0 Å². The molecule has 3 unspecified atom stereocenters. The Morgan fingerprint density at radius 2 is 1.44 bits per heavy atom. The minimum Gasteiger partial charge on any atom is -0.327 e. The molecule has 2 fully saturated rings. The van der Waals surface area contributed by atoms with Gasteiger partial charge in [-0.25, -0.2) is 0 Å². The van der Waals surface area contributed by atoms with E-state index in [4.69, 9.17) is 5.73 Å². The van der Waals surface area contributed by atoms with Crippen molar-refractivity contribution < 1.29 is 0 Å². The molecule has 18 heavy (non-hydrogen) atoms. The van der Waals surface area contributed by atoms with Crippen LogP contribution in [0.1, 0.15) is 72.1 Å². The summed E-state index contributed by atoms with van der Waals surface area (Å²) in [5.41, 5.74) is 6.63. The van der Waals surface area contributed by atoms with Crippen molar-refractivity contribution in [1.29, 1.82) is 0 Å².